The molecule has 1 fully saturated rings. The topological polar surface area (TPSA) is 197 Å². The van der Waals surface area contributed by atoms with Gasteiger partial charge in [-0.05, 0) is 31.5 Å². The molecule has 173 valence electrons. The van der Waals surface area contributed by atoms with E-state index in [0.29, 0.717) is 17.9 Å². The van der Waals surface area contributed by atoms with Crippen molar-refractivity contribution in [2.45, 2.75) is 13.8 Å². The first-order chi connectivity index (χ1) is 13.7. The Balaban J connectivity index is 0. The molecule has 0 aromatic heterocycles. The molecule has 1 radical (unpaired) electrons. The first-order valence-electron chi connectivity index (χ1n) is 8.79. The molecule has 0 atom stereocenters. The molecule has 1 aliphatic heterocycles. The normalized spacial score (nSPS) is 13.5. The summed E-state index contributed by atoms with van der Waals surface area (Å²) < 4.78 is 5.33. The fourth-order valence-electron chi connectivity index (χ4n) is 2.53. The summed E-state index contributed by atoms with van der Waals surface area (Å²) in [4.78, 5) is 23.5. The first kappa shape index (κ1) is 29.5. The Bertz CT molecular complexity index is 651. The summed E-state index contributed by atoms with van der Waals surface area (Å²) in [6.07, 6.45) is 0. The predicted molar refractivity (Wildman–Crippen MR) is 103 cm³/mol. The van der Waals surface area contributed by atoms with Crippen LogP contribution in [-0.2, 0) is 17.1 Å². The second kappa shape index (κ2) is 17.2. The van der Waals surface area contributed by atoms with E-state index in [0.717, 1.165) is 31.9 Å². The standard InChI is InChI=1S/C16H25N3O2.Cu.2NO3/c1-3-21-14-4-5-15(16(20)12-14)13(2)18-8-11-19-9-6-17-7-10-19;;2*2-1(3)4/h4-5,12,17,20H,3,6-11H2,1-2H3;;;/q;+2;2*-1. The van der Waals surface area contributed by atoms with Crippen LogP contribution < -0.4 is 15.2 Å². The van der Waals surface area contributed by atoms with E-state index >= 15 is 0 Å². The van der Waals surface area contributed by atoms with Crippen molar-refractivity contribution in [3.05, 3.63) is 54.4 Å². The molecule has 1 heterocycles. The van der Waals surface area contributed by atoms with Crippen molar-refractivity contribution in [1.82, 2.24) is 4.90 Å². The van der Waals surface area contributed by atoms with Gasteiger partial charge in [-0.1, -0.05) is 11.8 Å². The zero-order valence-corrected chi connectivity index (χ0v) is 17.6. The molecule has 1 aromatic carbocycles. The fourth-order valence-corrected chi connectivity index (χ4v) is 2.53. The Kier molecular flexibility index (Phi) is 16.9. The van der Waals surface area contributed by atoms with E-state index in [9.17, 15) is 5.11 Å². The molecule has 2 N–H and O–H groups in total. The van der Waals surface area contributed by atoms with Crippen molar-refractivity contribution >= 4 is 5.71 Å². The molecule has 1 aliphatic rings. The van der Waals surface area contributed by atoms with Gasteiger partial charge < -0.3 is 45.8 Å². The molecule has 0 amide bonds. The third kappa shape index (κ3) is 15.3. The molecule has 0 saturated carbocycles. The van der Waals surface area contributed by atoms with Crippen LogP contribution in [0.1, 0.15) is 19.4 Å². The molecule has 0 bridgehead atoms. The van der Waals surface area contributed by atoms with Crippen LogP contribution in [0.15, 0.2) is 23.2 Å². The van der Waals surface area contributed by atoms with Gasteiger partial charge in [0.15, 0.2) is 0 Å². The Morgan fingerprint density at radius 3 is 2.17 bits per heavy atom. The molecule has 13 nitrogen and oxygen atoms in total. The van der Waals surface area contributed by atoms with Crippen molar-refractivity contribution in [2.24, 2.45) is 4.99 Å². The van der Waals surface area contributed by atoms with Crippen LogP contribution >= 0.6 is 0 Å². The molecular formula is C16H25CuN5O8. The van der Waals surface area contributed by atoms with E-state index in [2.05, 4.69) is 15.2 Å². The maximum Gasteiger partial charge on any atom is 2.00 e. The maximum atomic E-state index is 12.0. The van der Waals surface area contributed by atoms with E-state index in [1.807, 2.05) is 26.0 Å². The summed E-state index contributed by atoms with van der Waals surface area (Å²) >= 11 is 0. The number of hydrogen-bond donors (Lipinski definition) is 1. The molecule has 2 rings (SSSR count). The number of quaternary nitrogens is 1. The second-order valence-corrected chi connectivity index (χ2v) is 5.71. The van der Waals surface area contributed by atoms with Gasteiger partial charge in [0.2, 0.25) is 0 Å². The summed E-state index contributed by atoms with van der Waals surface area (Å²) in [7, 11) is 0. The Labute approximate surface area is 184 Å². The Morgan fingerprint density at radius 1 is 1.17 bits per heavy atom. The number of benzene rings is 1. The van der Waals surface area contributed by atoms with E-state index in [4.69, 9.17) is 35.4 Å². The summed E-state index contributed by atoms with van der Waals surface area (Å²) in [5.41, 5.74) is 1.48. The van der Waals surface area contributed by atoms with Gasteiger partial charge in [-0.15, -0.1) is 0 Å². The van der Waals surface area contributed by atoms with Gasteiger partial charge in [0.25, 0.3) is 0 Å². The number of aliphatic imine (C=N–C) groups is 1. The number of hydrogen-bond acceptors (Lipinski definition) is 10. The van der Waals surface area contributed by atoms with Crippen LogP contribution in [-0.4, -0.2) is 66.7 Å². The van der Waals surface area contributed by atoms with E-state index in [-0.39, 0.29) is 22.8 Å². The zero-order chi connectivity index (χ0) is 22.2. The largest absolute Gasteiger partial charge is 2.00 e. The van der Waals surface area contributed by atoms with Crippen LogP contribution in [0.4, 0.5) is 0 Å². The van der Waals surface area contributed by atoms with E-state index in [1.54, 1.807) is 6.07 Å². The molecule has 0 aliphatic carbocycles. The van der Waals surface area contributed by atoms with Crippen LogP contribution in [0, 0.1) is 30.6 Å². The van der Waals surface area contributed by atoms with E-state index in [1.165, 1.54) is 13.1 Å². The van der Waals surface area contributed by atoms with E-state index < -0.39 is 10.2 Å². The van der Waals surface area contributed by atoms with Crippen LogP contribution in [0.2, 0.25) is 0 Å². The van der Waals surface area contributed by atoms with Gasteiger partial charge in [0.1, 0.15) is 5.75 Å². The summed E-state index contributed by atoms with van der Waals surface area (Å²) in [6, 6.07) is 5.18. The van der Waals surface area contributed by atoms with Gasteiger partial charge in [-0.25, -0.2) is 0 Å². The quantitative estimate of drug-likeness (QED) is 0.239. The average Bonchev–Trinajstić information content (AvgIpc) is 2.62. The maximum absolute atomic E-state index is 12.0. The summed E-state index contributed by atoms with van der Waals surface area (Å²) in [5, 5.41) is 43.9. The van der Waals surface area contributed by atoms with Crippen LogP contribution in [0.25, 0.3) is 0 Å². The molecule has 0 spiro atoms. The van der Waals surface area contributed by atoms with Gasteiger partial charge in [-0.3, -0.25) is 9.89 Å². The molecular weight excluding hydrogens is 454 g/mol. The molecule has 0 unspecified atom stereocenters. The van der Waals surface area contributed by atoms with Gasteiger partial charge in [0.05, 0.1) is 36.4 Å². The van der Waals surface area contributed by atoms with Crippen molar-refractivity contribution < 1.29 is 42.4 Å². The smallest absolute Gasteiger partial charge is 0.872 e. The Morgan fingerprint density at radius 2 is 1.70 bits per heavy atom. The second-order valence-electron chi connectivity index (χ2n) is 5.71. The fraction of sp³-hybridized carbons (Fsp3) is 0.562. The predicted octanol–water partition coefficient (Wildman–Crippen LogP) is -0.634. The number of nitrogens with zero attached hydrogens (tertiary/aromatic N) is 4. The molecule has 1 saturated heterocycles. The van der Waals surface area contributed by atoms with Gasteiger partial charge in [-0.2, -0.15) is 0 Å². The third-order valence-corrected chi connectivity index (χ3v) is 3.72. The number of rotatable bonds is 6. The molecule has 1 aromatic rings. The van der Waals surface area contributed by atoms with Gasteiger partial charge in [0, 0.05) is 25.3 Å². The Hall–Kier alpha value is -2.67. The first-order valence-corrected chi connectivity index (χ1v) is 8.79. The SMILES string of the molecule is CCOc1ccc(C(C)=NCCN2CC[NH2+]CC2)c([O-])c1.O=[N+]([O-])[O-].O=[N+]([O-])[O-].[Cu+2]. The van der Waals surface area contributed by atoms with Crippen molar-refractivity contribution in [2.75, 3.05) is 45.9 Å². The van der Waals surface area contributed by atoms with Crippen LogP contribution in [0.3, 0.4) is 0 Å². The third-order valence-electron chi connectivity index (χ3n) is 3.72. The summed E-state index contributed by atoms with van der Waals surface area (Å²) in [5.74, 6) is 0.610. The zero-order valence-electron chi connectivity index (χ0n) is 16.6. The minimum Gasteiger partial charge on any atom is -0.872 e. The monoisotopic (exact) mass is 478 g/mol. The van der Waals surface area contributed by atoms with Crippen molar-refractivity contribution in [3.8, 4) is 11.5 Å². The van der Waals surface area contributed by atoms with Crippen molar-refractivity contribution in [3.63, 3.8) is 0 Å². The number of nitrogens with two attached hydrogens (primary N) is 1. The molecule has 30 heavy (non-hydrogen) atoms. The average molecular weight is 479 g/mol. The number of piperazine rings is 1. The van der Waals surface area contributed by atoms with Crippen LogP contribution in [0.5, 0.6) is 11.5 Å². The van der Waals surface area contributed by atoms with Crippen molar-refractivity contribution in [1.29, 1.82) is 0 Å². The minimum atomic E-state index is -1.75. The minimum absolute atomic E-state index is 0. The van der Waals surface area contributed by atoms with Gasteiger partial charge >= 0.3 is 17.1 Å². The molecule has 14 heteroatoms. The summed E-state index contributed by atoms with van der Waals surface area (Å²) in [6.45, 7) is 10.7. The number of ether oxygens (including phenoxy) is 1.